The third kappa shape index (κ3) is 17.7. The molecular weight excluding hydrogens is 1410 g/mol. The maximum atomic E-state index is 2.34. The molecule has 16 aromatic rings. The molecular formula is C86H80Cl4Si2Zr2. The fourth-order valence-corrected chi connectivity index (χ4v) is 12.6. The van der Waals surface area contributed by atoms with Crippen LogP contribution < -0.4 is 0 Å². The average molecular weight is 1490 g/mol. The first-order valence-electron chi connectivity index (χ1n) is 31.5. The van der Waals surface area contributed by atoms with Crippen LogP contribution in [-0.2, 0) is 59.5 Å². The van der Waals surface area contributed by atoms with Crippen molar-refractivity contribution in [3.05, 3.63) is 313 Å². The van der Waals surface area contributed by atoms with Gasteiger partial charge in [-0.2, -0.15) is 24.3 Å². The van der Waals surface area contributed by atoms with Gasteiger partial charge < -0.3 is 0 Å². The Morgan fingerprint density at radius 1 is 0.255 bits per heavy atom. The molecule has 0 fully saturated rings. The first-order chi connectivity index (χ1) is 43.8. The first kappa shape index (κ1) is 74.9. The largest absolute Gasteiger partial charge is 0.165 e. The standard InChI is InChI=1S/2C21H17.2C20H15.2C2H6Si.4ClH.2Zr/c2*1-2-15-13-17-9-6-12-20(21(17)14-15)19-11-5-8-16-7-3-4-10-18(16)19;2*1-14-12-16-8-5-11-19(20(16)13-14)18-10-4-7-15-6-2-3-9-17(15)18;2*1-3-2;;;;;;/h2*3-14H,2H2,1H3;2*2-13H,1H3;2*1-2H3;4*1H;;/q4*-1;;;;;;;2*+2. The summed E-state index contributed by atoms with van der Waals surface area (Å²) in [6.45, 7) is 18.0. The molecule has 94 heavy (non-hydrogen) atoms. The van der Waals surface area contributed by atoms with Crippen LogP contribution in [0.4, 0.5) is 0 Å². The van der Waals surface area contributed by atoms with Crippen molar-refractivity contribution >= 4 is 147 Å². The summed E-state index contributed by atoms with van der Waals surface area (Å²) in [5.74, 6) is 0. The first-order valence-corrected chi connectivity index (χ1v) is 43.9. The molecule has 468 valence electrons. The zero-order valence-electron chi connectivity index (χ0n) is 54.8. The molecule has 0 aliphatic heterocycles. The Morgan fingerprint density at radius 3 is 0.691 bits per heavy atom. The Bertz CT molecular complexity index is 4840. The van der Waals surface area contributed by atoms with E-state index in [9.17, 15) is 0 Å². The predicted octanol–water partition coefficient (Wildman–Crippen LogP) is 26.5. The summed E-state index contributed by atoms with van der Waals surface area (Å²) < 4.78 is 0. The van der Waals surface area contributed by atoms with Crippen LogP contribution in [0.25, 0.3) is 131 Å². The van der Waals surface area contributed by atoms with Crippen LogP contribution in [-0.4, -0.2) is 10.9 Å². The van der Waals surface area contributed by atoms with Crippen LogP contribution in [0, 0.1) is 13.8 Å². The molecule has 0 saturated heterocycles. The zero-order chi connectivity index (χ0) is 62.7. The zero-order valence-corrected chi connectivity index (χ0v) is 64.9. The monoisotopic (exact) mass is 1490 g/mol. The molecule has 0 radical (unpaired) electrons. The Hall–Kier alpha value is -6.52. The van der Waals surface area contributed by atoms with Crippen molar-refractivity contribution in [1.82, 2.24) is 0 Å². The quantitative estimate of drug-likeness (QED) is 0.115. The van der Waals surface area contributed by atoms with E-state index in [1.165, 1.54) is 153 Å². The molecule has 16 rings (SSSR count). The van der Waals surface area contributed by atoms with E-state index in [1.807, 2.05) is 0 Å². The van der Waals surface area contributed by atoms with Gasteiger partial charge in [-0.25, -0.2) is 0 Å². The Balaban J connectivity index is 0.000000168. The molecule has 0 spiro atoms. The number of fused-ring (bicyclic) bond motifs is 8. The number of hydrogen-bond donors (Lipinski definition) is 0. The second-order valence-electron chi connectivity index (χ2n) is 23.8. The van der Waals surface area contributed by atoms with Crippen LogP contribution in [0.5, 0.6) is 0 Å². The van der Waals surface area contributed by atoms with E-state index >= 15 is 0 Å². The van der Waals surface area contributed by atoms with Crippen molar-refractivity contribution in [3.63, 3.8) is 0 Å². The minimum Gasteiger partial charge on any atom is -0.165 e. The fraction of sp³-hybridized carbons (Fsp3) is 0.116. The summed E-state index contributed by atoms with van der Waals surface area (Å²) in [5, 5.41) is 21.3. The molecule has 0 aromatic heterocycles. The van der Waals surface area contributed by atoms with Crippen molar-refractivity contribution in [2.24, 2.45) is 0 Å². The smallest absolute Gasteiger partial charge is 0.0114 e. The minimum atomic E-state index is 0. The van der Waals surface area contributed by atoms with E-state index < -0.39 is 0 Å². The van der Waals surface area contributed by atoms with Gasteiger partial charge in [0.05, 0.1) is 0 Å². The molecule has 0 N–H and O–H groups in total. The van der Waals surface area contributed by atoms with E-state index in [4.69, 9.17) is 0 Å². The summed E-state index contributed by atoms with van der Waals surface area (Å²) in [7, 11) is 0. The predicted molar refractivity (Wildman–Crippen MR) is 422 cm³/mol. The third-order valence-corrected chi connectivity index (χ3v) is 16.5. The number of rotatable bonds is 6. The van der Waals surface area contributed by atoms with Gasteiger partial charge in [0.2, 0.25) is 0 Å². The maximum absolute atomic E-state index is 2.34. The maximum Gasteiger partial charge on any atom is -0.0114 e. The van der Waals surface area contributed by atoms with Crippen molar-refractivity contribution in [2.75, 3.05) is 0 Å². The number of aryl methyl sites for hydroxylation is 4. The van der Waals surface area contributed by atoms with Gasteiger partial charge in [0.15, 0.2) is 0 Å². The molecule has 8 heteroatoms. The average Bonchev–Trinajstić information content (AvgIpc) is 1.45. The normalized spacial score (nSPS) is 10.4. The van der Waals surface area contributed by atoms with Crippen LogP contribution in [0.15, 0.2) is 291 Å². The van der Waals surface area contributed by atoms with Gasteiger partial charge in [0.1, 0.15) is 0 Å². The van der Waals surface area contributed by atoms with Crippen LogP contribution in [0.2, 0.25) is 26.2 Å². The van der Waals surface area contributed by atoms with Crippen molar-refractivity contribution < 1.29 is 46.7 Å². The van der Waals surface area contributed by atoms with Gasteiger partial charge in [0, 0.05) is 0 Å². The van der Waals surface area contributed by atoms with Gasteiger partial charge in [-0.15, -0.1) is 188 Å². The molecule has 0 amide bonds. The van der Waals surface area contributed by atoms with Crippen LogP contribution >= 0.6 is 49.6 Å². The van der Waals surface area contributed by atoms with E-state index in [-0.39, 0.29) is 60.5 Å². The fourth-order valence-electron chi connectivity index (χ4n) is 12.6. The molecule has 0 aliphatic rings. The third-order valence-electron chi connectivity index (χ3n) is 16.5. The van der Waals surface area contributed by atoms with Gasteiger partial charge in [-0.1, -0.05) is 244 Å². The number of halogens is 4. The summed E-state index contributed by atoms with van der Waals surface area (Å²) in [6, 6.07) is 105. The van der Waals surface area contributed by atoms with Gasteiger partial charge in [0.25, 0.3) is 0 Å². The van der Waals surface area contributed by atoms with Crippen LogP contribution in [0.3, 0.4) is 0 Å². The second-order valence-corrected chi connectivity index (χ2v) is 42.6. The van der Waals surface area contributed by atoms with Crippen molar-refractivity contribution in [2.45, 2.75) is 66.7 Å². The van der Waals surface area contributed by atoms with Gasteiger partial charge >= 0.3 is 83.7 Å². The second kappa shape index (κ2) is 35.5. The summed E-state index contributed by atoms with van der Waals surface area (Å²) in [4.78, 5) is 0. The van der Waals surface area contributed by atoms with Crippen molar-refractivity contribution in [3.8, 4) is 44.5 Å². The Labute approximate surface area is 611 Å². The van der Waals surface area contributed by atoms with Gasteiger partial charge in [-0.3, -0.25) is 0 Å². The molecule has 16 aromatic carbocycles. The number of hydrogen-bond acceptors (Lipinski definition) is 0. The molecule has 0 atom stereocenters. The summed E-state index contributed by atoms with van der Waals surface area (Å²) in [6.07, 6.45) is 2.17. The van der Waals surface area contributed by atoms with Gasteiger partial charge in [-0.05, 0) is 78.2 Å². The van der Waals surface area contributed by atoms with Crippen molar-refractivity contribution in [1.29, 1.82) is 0 Å². The topological polar surface area (TPSA) is 0 Å². The summed E-state index contributed by atoms with van der Waals surface area (Å²) in [5.41, 5.74) is 16.5. The SMILES string of the molecule is CCc1cc2c(-c3cccc4ccccc34)cccc2[cH-]1.CCc1cc2c(-c3cccc4ccccc34)cccc2[cH-]1.C[Si](C)=[Zr+2].C[Si](C)=[Zr+2].Cc1cc2c(-c3cccc4ccccc34)cccc2[cH-]1.Cc1cc2c(-c3cccc4ccccc34)cccc2[cH-]1.Cl.Cl.Cl.Cl. The molecule has 0 unspecified atom stereocenters. The molecule has 0 heterocycles. The van der Waals surface area contributed by atoms with Crippen LogP contribution in [0.1, 0.15) is 36.1 Å². The Morgan fingerprint density at radius 2 is 0.447 bits per heavy atom. The molecule has 0 nitrogen and oxygen atoms in total. The molecule has 0 aliphatic carbocycles. The number of benzene rings is 12. The Kier molecular flexibility index (Phi) is 28.2. The molecule has 0 saturated carbocycles. The minimum absolute atomic E-state index is 0. The van der Waals surface area contributed by atoms with E-state index in [0.29, 0.717) is 0 Å². The van der Waals surface area contributed by atoms with E-state index in [2.05, 4.69) is 345 Å². The van der Waals surface area contributed by atoms with E-state index in [1.54, 1.807) is 46.7 Å². The molecule has 0 bridgehead atoms. The summed E-state index contributed by atoms with van der Waals surface area (Å²) >= 11 is 3.48. The van der Waals surface area contributed by atoms with E-state index in [0.717, 1.165) is 12.8 Å².